The molecule has 2 heterocycles. The van der Waals surface area contributed by atoms with Crippen LogP contribution in [0.2, 0.25) is 0 Å². The summed E-state index contributed by atoms with van der Waals surface area (Å²) in [5, 5.41) is 7.35. The molecule has 1 N–H and O–H groups in total. The predicted octanol–water partition coefficient (Wildman–Crippen LogP) is 3.94. The van der Waals surface area contributed by atoms with E-state index in [0.717, 1.165) is 28.3 Å². The molecule has 0 aliphatic carbocycles. The summed E-state index contributed by atoms with van der Waals surface area (Å²) in [5.74, 6) is -0.373. The molecule has 0 aliphatic heterocycles. The number of amides is 1. The van der Waals surface area contributed by atoms with Crippen LogP contribution in [-0.2, 0) is 11.8 Å². The van der Waals surface area contributed by atoms with Gasteiger partial charge in [-0.15, -0.1) is 0 Å². The van der Waals surface area contributed by atoms with Crippen molar-refractivity contribution in [3.8, 4) is 11.4 Å². The number of para-hydroxylation sites is 2. The minimum atomic E-state index is -0.373. The van der Waals surface area contributed by atoms with Gasteiger partial charge in [-0.25, -0.2) is 9.36 Å². The molecule has 32 heavy (non-hydrogen) atoms. The standard InChI is InChI=1S/C25H25N5O2/c1-17-22(18(2)29(27-17)20-11-7-5-8-12-20)15-16-23(31)26-24-19(3)28(4)30(25(24)32)21-13-9-6-10-14-21/h5-16H,1-4H3,(H,26,31)/b16-15+. The van der Waals surface area contributed by atoms with Crippen molar-refractivity contribution < 1.29 is 4.79 Å². The Hall–Kier alpha value is -4.13. The maximum absolute atomic E-state index is 13.0. The highest BCUT2D eigenvalue weighted by Crippen LogP contribution is 2.19. The monoisotopic (exact) mass is 427 g/mol. The molecule has 0 radical (unpaired) electrons. The van der Waals surface area contributed by atoms with Crippen molar-refractivity contribution in [3.05, 3.63) is 99.7 Å². The molecule has 4 aromatic rings. The van der Waals surface area contributed by atoms with E-state index in [0.29, 0.717) is 5.69 Å². The highest BCUT2D eigenvalue weighted by Gasteiger charge is 2.17. The second kappa shape index (κ2) is 8.55. The lowest BCUT2D eigenvalue weighted by molar-refractivity contribution is -0.111. The quantitative estimate of drug-likeness (QED) is 0.490. The fraction of sp³-hybridized carbons (Fsp3) is 0.160. The number of aromatic nitrogens is 4. The average molecular weight is 428 g/mol. The fourth-order valence-electron chi connectivity index (χ4n) is 3.75. The average Bonchev–Trinajstić information content (AvgIpc) is 3.20. The van der Waals surface area contributed by atoms with Crippen LogP contribution < -0.4 is 10.9 Å². The number of rotatable bonds is 5. The van der Waals surface area contributed by atoms with Gasteiger partial charge in [-0.3, -0.25) is 14.3 Å². The van der Waals surface area contributed by atoms with E-state index in [-0.39, 0.29) is 17.2 Å². The molecule has 2 aromatic carbocycles. The normalized spacial score (nSPS) is 11.2. The number of nitrogens with one attached hydrogen (secondary N) is 1. The summed E-state index contributed by atoms with van der Waals surface area (Å²) in [6.07, 6.45) is 3.17. The Kier molecular flexibility index (Phi) is 5.64. The van der Waals surface area contributed by atoms with Gasteiger partial charge >= 0.3 is 0 Å². The van der Waals surface area contributed by atoms with Gasteiger partial charge in [0, 0.05) is 24.4 Å². The third kappa shape index (κ3) is 3.80. The highest BCUT2D eigenvalue weighted by molar-refractivity contribution is 6.02. The molecule has 0 unspecified atom stereocenters. The van der Waals surface area contributed by atoms with Crippen molar-refractivity contribution in [1.82, 2.24) is 19.1 Å². The molecule has 162 valence electrons. The first kappa shape index (κ1) is 21.1. The molecular formula is C25H25N5O2. The zero-order chi connectivity index (χ0) is 22.8. The second-order valence-corrected chi connectivity index (χ2v) is 7.59. The molecule has 0 atom stereocenters. The van der Waals surface area contributed by atoms with Gasteiger partial charge in [0.15, 0.2) is 0 Å². The molecule has 7 heteroatoms. The topological polar surface area (TPSA) is 73.8 Å². The van der Waals surface area contributed by atoms with Crippen molar-refractivity contribution in [1.29, 1.82) is 0 Å². The molecule has 0 bridgehead atoms. The SMILES string of the molecule is Cc1nn(-c2ccccc2)c(C)c1/C=C/C(=O)Nc1c(C)n(C)n(-c2ccccc2)c1=O. The lowest BCUT2D eigenvalue weighted by Gasteiger charge is -2.07. The largest absolute Gasteiger partial charge is 0.316 e. The van der Waals surface area contributed by atoms with Crippen molar-refractivity contribution >= 4 is 17.7 Å². The van der Waals surface area contributed by atoms with E-state index in [1.54, 1.807) is 24.7 Å². The summed E-state index contributed by atoms with van der Waals surface area (Å²) in [6.45, 7) is 5.67. The van der Waals surface area contributed by atoms with Crippen LogP contribution in [0.3, 0.4) is 0 Å². The van der Waals surface area contributed by atoms with Gasteiger partial charge in [-0.05, 0) is 51.1 Å². The van der Waals surface area contributed by atoms with Crippen LogP contribution >= 0.6 is 0 Å². The van der Waals surface area contributed by atoms with Gasteiger partial charge in [0.25, 0.3) is 5.56 Å². The molecule has 0 saturated carbocycles. The van der Waals surface area contributed by atoms with Gasteiger partial charge in [0.1, 0.15) is 5.69 Å². The van der Waals surface area contributed by atoms with Gasteiger partial charge in [-0.2, -0.15) is 5.10 Å². The van der Waals surface area contributed by atoms with Crippen LogP contribution in [0.15, 0.2) is 71.5 Å². The van der Waals surface area contributed by atoms with E-state index < -0.39 is 0 Å². The Morgan fingerprint density at radius 3 is 2.12 bits per heavy atom. The molecule has 7 nitrogen and oxygen atoms in total. The van der Waals surface area contributed by atoms with E-state index in [4.69, 9.17) is 0 Å². The van der Waals surface area contributed by atoms with Gasteiger partial charge in [0.05, 0.1) is 22.8 Å². The van der Waals surface area contributed by atoms with Crippen LogP contribution in [0.5, 0.6) is 0 Å². The smallest absolute Gasteiger partial charge is 0.295 e. The lowest BCUT2D eigenvalue weighted by Crippen LogP contribution is -2.22. The summed E-state index contributed by atoms with van der Waals surface area (Å²) in [6, 6.07) is 19.2. The third-order valence-corrected chi connectivity index (χ3v) is 5.55. The summed E-state index contributed by atoms with van der Waals surface area (Å²) in [4.78, 5) is 25.6. The van der Waals surface area contributed by atoms with Gasteiger partial charge in [-0.1, -0.05) is 36.4 Å². The summed E-state index contributed by atoms with van der Waals surface area (Å²) >= 11 is 0. The first-order valence-corrected chi connectivity index (χ1v) is 10.3. The highest BCUT2D eigenvalue weighted by atomic mass is 16.2. The zero-order valence-corrected chi connectivity index (χ0v) is 18.5. The number of nitrogens with zero attached hydrogens (tertiary/aromatic N) is 4. The maximum Gasteiger partial charge on any atom is 0.295 e. The molecule has 0 aliphatic rings. The first-order chi connectivity index (χ1) is 15.4. The number of carbonyl (C=O) groups excluding carboxylic acids is 1. The fourth-order valence-corrected chi connectivity index (χ4v) is 3.75. The molecule has 0 spiro atoms. The van der Waals surface area contributed by atoms with Crippen LogP contribution in [0.25, 0.3) is 17.5 Å². The van der Waals surface area contributed by atoms with Gasteiger partial charge < -0.3 is 5.32 Å². The van der Waals surface area contributed by atoms with Crippen molar-refractivity contribution in [2.45, 2.75) is 20.8 Å². The molecule has 4 rings (SSSR count). The van der Waals surface area contributed by atoms with Gasteiger partial charge in [0.2, 0.25) is 5.91 Å². The Labute approximate surface area is 186 Å². The summed E-state index contributed by atoms with van der Waals surface area (Å²) in [7, 11) is 1.79. The van der Waals surface area contributed by atoms with Crippen molar-refractivity contribution in [2.24, 2.45) is 7.05 Å². The number of anilines is 1. The predicted molar refractivity (Wildman–Crippen MR) is 126 cm³/mol. The number of hydrogen-bond donors (Lipinski definition) is 1. The van der Waals surface area contributed by atoms with E-state index in [9.17, 15) is 9.59 Å². The number of hydrogen-bond acceptors (Lipinski definition) is 3. The number of benzene rings is 2. The molecule has 0 saturated heterocycles. The first-order valence-electron chi connectivity index (χ1n) is 10.3. The van der Waals surface area contributed by atoms with Crippen molar-refractivity contribution in [2.75, 3.05) is 5.32 Å². The van der Waals surface area contributed by atoms with Crippen molar-refractivity contribution in [3.63, 3.8) is 0 Å². The maximum atomic E-state index is 13.0. The molecule has 0 fully saturated rings. The van der Waals surface area contributed by atoms with E-state index in [2.05, 4.69) is 10.4 Å². The van der Waals surface area contributed by atoms with E-state index in [1.165, 1.54) is 10.8 Å². The minimum absolute atomic E-state index is 0.263. The Morgan fingerprint density at radius 1 is 0.906 bits per heavy atom. The Balaban J connectivity index is 1.59. The Morgan fingerprint density at radius 2 is 1.50 bits per heavy atom. The van der Waals surface area contributed by atoms with E-state index in [1.807, 2.05) is 79.2 Å². The summed E-state index contributed by atoms with van der Waals surface area (Å²) in [5.41, 5.74) is 4.97. The van der Waals surface area contributed by atoms with Crippen LogP contribution in [0.1, 0.15) is 22.6 Å². The minimum Gasteiger partial charge on any atom is -0.316 e. The number of aryl methyl sites for hydroxylation is 1. The zero-order valence-electron chi connectivity index (χ0n) is 18.5. The molecule has 1 amide bonds. The summed E-state index contributed by atoms with van der Waals surface area (Å²) < 4.78 is 5.12. The lowest BCUT2D eigenvalue weighted by atomic mass is 10.2. The molecule has 2 aromatic heterocycles. The number of carbonyl (C=O) groups is 1. The third-order valence-electron chi connectivity index (χ3n) is 5.55. The van der Waals surface area contributed by atoms with Crippen LogP contribution in [-0.4, -0.2) is 25.1 Å². The van der Waals surface area contributed by atoms with Crippen LogP contribution in [0.4, 0.5) is 5.69 Å². The van der Waals surface area contributed by atoms with E-state index >= 15 is 0 Å². The second-order valence-electron chi connectivity index (χ2n) is 7.59. The van der Waals surface area contributed by atoms with Crippen LogP contribution in [0, 0.1) is 20.8 Å². The Bertz CT molecular complexity index is 1360. The molecular weight excluding hydrogens is 402 g/mol.